The van der Waals surface area contributed by atoms with Gasteiger partial charge in [-0.3, -0.25) is 4.79 Å². The van der Waals surface area contributed by atoms with Crippen molar-refractivity contribution < 1.29 is 19.0 Å². The average Bonchev–Trinajstić information content (AvgIpc) is 2.75. The van der Waals surface area contributed by atoms with Crippen molar-refractivity contribution in [1.29, 1.82) is 0 Å². The number of benzene rings is 2. The van der Waals surface area contributed by atoms with Crippen molar-refractivity contribution in [3.63, 3.8) is 0 Å². The normalized spacial score (nSPS) is 12.3. The molecular weight excluding hydrogens is 376 g/mol. The van der Waals surface area contributed by atoms with Gasteiger partial charge in [-0.1, -0.05) is 30.0 Å². The third kappa shape index (κ3) is 4.04. The number of methoxy groups -OCH3 is 1. The average molecular weight is 394 g/mol. The minimum atomic E-state index is -0.262. The molecule has 0 aliphatic carbocycles. The fourth-order valence-electron chi connectivity index (χ4n) is 2.70. The molecule has 2 aromatic carbocycles. The minimum Gasteiger partial charge on any atom is -0.486 e. The van der Waals surface area contributed by atoms with Crippen LogP contribution in [-0.2, 0) is 0 Å². The second kappa shape index (κ2) is 8.22. The van der Waals surface area contributed by atoms with Crippen LogP contribution < -0.4 is 19.5 Å². The highest BCUT2D eigenvalue weighted by Gasteiger charge is 2.18. The van der Waals surface area contributed by atoms with Gasteiger partial charge in [-0.2, -0.15) is 0 Å². The maximum Gasteiger partial charge on any atom is 0.257 e. The molecule has 0 saturated carbocycles. The van der Waals surface area contributed by atoms with Crippen LogP contribution in [0.4, 0.5) is 5.69 Å². The van der Waals surface area contributed by atoms with Crippen LogP contribution in [0.25, 0.3) is 0 Å². The lowest BCUT2D eigenvalue weighted by molar-refractivity contribution is 0.102. The second-order valence-corrected chi connectivity index (χ2v) is 7.07. The van der Waals surface area contributed by atoms with Crippen LogP contribution in [0.1, 0.15) is 10.4 Å². The van der Waals surface area contributed by atoms with Crippen molar-refractivity contribution in [3.8, 4) is 17.4 Å². The predicted octanol–water partition coefficient (Wildman–Crippen LogP) is 4.26. The first-order valence-corrected chi connectivity index (χ1v) is 9.52. The second-order valence-electron chi connectivity index (χ2n) is 5.95. The van der Waals surface area contributed by atoms with Crippen LogP contribution in [0, 0.1) is 0 Å². The van der Waals surface area contributed by atoms with Crippen LogP contribution in [0.3, 0.4) is 0 Å². The first kappa shape index (κ1) is 18.2. The molecule has 7 heteroatoms. The zero-order valence-electron chi connectivity index (χ0n) is 15.2. The van der Waals surface area contributed by atoms with E-state index in [1.165, 1.54) is 13.3 Å². The highest BCUT2D eigenvalue weighted by Crippen LogP contribution is 2.42. The lowest BCUT2D eigenvalue weighted by Crippen LogP contribution is -2.17. The van der Waals surface area contributed by atoms with E-state index in [4.69, 9.17) is 14.2 Å². The summed E-state index contributed by atoms with van der Waals surface area (Å²) in [5.74, 6) is 1.48. The Kier molecular flexibility index (Phi) is 5.34. The Labute approximate surface area is 166 Å². The van der Waals surface area contributed by atoms with Crippen LogP contribution in [0.5, 0.6) is 17.4 Å². The SMILES string of the molecule is COc1ccc(C(=O)Nc2cc3c(cc2Sc2ccccc2)OCCO3)cn1. The van der Waals surface area contributed by atoms with Gasteiger partial charge in [-0.05, 0) is 18.2 Å². The van der Waals surface area contributed by atoms with Crippen LogP contribution >= 0.6 is 11.8 Å². The molecule has 1 aromatic heterocycles. The number of carbonyl (C=O) groups is 1. The number of aromatic nitrogens is 1. The van der Waals surface area contributed by atoms with Gasteiger partial charge in [-0.25, -0.2) is 4.98 Å². The van der Waals surface area contributed by atoms with E-state index < -0.39 is 0 Å². The molecule has 0 atom stereocenters. The van der Waals surface area contributed by atoms with Crippen molar-refractivity contribution in [2.45, 2.75) is 9.79 Å². The standard InChI is InChI=1S/C21H18N2O4S/c1-25-20-8-7-14(13-22-20)21(24)23-16-11-17-18(27-10-9-26-17)12-19(16)28-15-5-3-2-4-6-15/h2-8,11-13H,9-10H2,1H3,(H,23,24). The Hall–Kier alpha value is -3.19. The number of carbonyl (C=O) groups excluding carboxylic acids is 1. The number of ether oxygens (including phenoxy) is 3. The number of anilines is 1. The zero-order chi connectivity index (χ0) is 19.3. The van der Waals surface area contributed by atoms with E-state index in [1.807, 2.05) is 36.4 Å². The van der Waals surface area contributed by atoms with Gasteiger partial charge in [0, 0.05) is 34.2 Å². The Morgan fingerprint density at radius 3 is 2.50 bits per heavy atom. The fraction of sp³-hybridized carbons (Fsp3) is 0.143. The molecule has 0 radical (unpaired) electrons. The topological polar surface area (TPSA) is 69.7 Å². The lowest BCUT2D eigenvalue weighted by Gasteiger charge is -2.21. The van der Waals surface area contributed by atoms with E-state index in [0.29, 0.717) is 41.8 Å². The third-order valence-electron chi connectivity index (χ3n) is 4.07. The number of fused-ring (bicyclic) bond motifs is 1. The number of amides is 1. The molecule has 0 bridgehead atoms. The van der Waals surface area contributed by atoms with Gasteiger partial charge >= 0.3 is 0 Å². The Bertz CT molecular complexity index is 978. The third-order valence-corrected chi connectivity index (χ3v) is 5.14. The van der Waals surface area contributed by atoms with Crippen LogP contribution in [0.15, 0.2) is 70.6 Å². The van der Waals surface area contributed by atoms with Crippen molar-refractivity contribution in [2.24, 2.45) is 0 Å². The zero-order valence-corrected chi connectivity index (χ0v) is 16.0. The van der Waals surface area contributed by atoms with Gasteiger partial charge < -0.3 is 19.5 Å². The molecule has 142 valence electrons. The summed E-state index contributed by atoms with van der Waals surface area (Å²) in [5.41, 5.74) is 1.09. The summed E-state index contributed by atoms with van der Waals surface area (Å²) in [6.07, 6.45) is 1.48. The summed E-state index contributed by atoms with van der Waals surface area (Å²) in [4.78, 5) is 18.7. The number of pyridine rings is 1. The van der Waals surface area contributed by atoms with E-state index in [9.17, 15) is 4.79 Å². The smallest absolute Gasteiger partial charge is 0.257 e. The molecule has 0 fully saturated rings. The Morgan fingerprint density at radius 2 is 1.82 bits per heavy atom. The quantitative estimate of drug-likeness (QED) is 0.697. The molecule has 6 nitrogen and oxygen atoms in total. The van der Waals surface area contributed by atoms with Crippen molar-refractivity contribution >= 4 is 23.4 Å². The Balaban J connectivity index is 1.64. The van der Waals surface area contributed by atoms with E-state index in [1.54, 1.807) is 30.0 Å². The summed E-state index contributed by atoms with van der Waals surface area (Å²) >= 11 is 1.54. The molecule has 3 aromatic rings. The van der Waals surface area contributed by atoms with Gasteiger partial charge in [0.2, 0.25) is 5.88 Å². The first-order chi connectivity index (χ1) is 13.7. The molecule has 1 aliphatic rings. The summed E-state index contributed by atoms with van der Waals surface area (Å²) in [7, 11) is 1.53. The number of rotatable bonds is 5. The Morgan fingerprint density at radius 1 is 1.07 bits per heavy atom. The van der Waals surface area contributed by atoms with Crippen molar-refractivity contribution in [3.05, 3.63) is 66.4 Å². The molecule has 1 N–H and O–H groups in total. The minimum absolute atomic E-state index is 0.262. The van der Waals surface area contributed by atoms with E-state index in [2.05, 4.69) is 10.3 Å². The summed E-state index contributed by atoms with van der Waals surface area (Å²) in [6, 6.07) is 17.0. The molecule has 2 heterocycles. The first-order valence-electron chi connectivity index (χ1n) is 8.71. The fourth-order valence-corrected chi connectivity index (χ4v) is 3.63. The molecule has 0 spiro atoms. The summed E-state index contributed by atoms with van der Waals surface area (Å²) in [5, 5.41) is 2.96. The molecular formula is C21H18N2O4S. The van der Waals surface area contributed by atoms with Gasteiger partial charge in [0.15, 0.2) is 11.5 Å². The highest BCUT2D eigenvalue weighted by molar-refractivity contribution is 7.99. The van der Waals surface area contributed by atoms with Crippen molar-refractivity contribution in [2.75, 3.05) is 25.6 Å². The number of nitrogens with zero attached hydrogens (tertiary/aromatic N) is 1. The molecule has 1 amide bonds. The maximum absolute atomic E-state index is 12.7. The van der Waals surface area contributed by atoms with Gasteiger partial charge in [0.1, 0.15) is 13.2 Å². The maximum atomic E-state index is 12.7. The number of hydrogen-bond acceptors (Lipinski definition) is 6. The molecule has 0 unspecified atom stereocenters. The van der Waals surface area contributed by atoms with Crippen LogP contribution in [-0.4, -0.2) is 31.2 Å². The monoisotopic (exact) mass is 394 g/mol. The van der Waals surface area contributed by atoms with E-state index in [0.717, 1.165) is 9.79 Å². The van der Waals surface area contributed by atoms with Gasteiger partial charge in [-0.15, -0.1) is 0 Å². The summed E-state index contributed by atoms with van der Waals surface area (Å²) < 4.78 is 16.4. The van der Waals surface area contributed by atoms with E-state index in [-0.39, 0.29) is 5.91 Å². The largest absolute Gasteiger partial charge is 0.486 e. The number of hydrogen-bond donors (Lipinski definition) is 1. The predicted molar refractivity (Wildman–Crippen MR) is 107 cm³/mol. The summed E-state index contributed by atoms with van der Waals surface area (Å²) in [6.45, 7) is 0.986. The highest BCUT2D eigenvalue weighted by atomic mass is 32.2. The molecule has 28 heavy (non-hydrogen) atoms. The molecule has 1 aliphatic heterocycles. The van der Waals surface area contributed by atoms with E-state index >= 15 is 0 Å². The lowest BCUT2D eigenvalue weighted by atomic mass is 10.2. The van der Waals surface area contributed by atoms with Gasteiger partial charge in [0.25, 0.3) is 5.91 Å². The van der Waals surface area contributed by atoms with Gasteiger partial charge in [0.05, 0.1) is 18.4 Å². The van der Waals surface area contributed by atoms with Crippen LogP contribution in [0.2, 0.25) is 0 Å². The molecule has 4 rings (SSSR count). The number of nitrogens with one attached hydrogen (secondary N) is 1. The molecule has 0 saturated heterocycles. The van der Waals surface area contributed by atoms with Crippen molar-refractivity contribution in [1.82, 2.24) is 4.98 Å².